The number of rotatable bonds is 2. The third-order valence-electron chi connectivity index (χ3n) is 2.93. The van der Waals surface area contributed by atoms with Gasteiger partial charge in [-0.05, 0) is 37.1 Å². The highest BCUT2D eigenvalue weighted by Crippen LogP contribution is 2.21. The number of hydrogen-bond acceptors (Lipinski definition) is 4. The molecule has 1 fully saturated rings. The molecule has 3 N–H and O–H groups in total. The van der Waals surface area contributed by atoms with Crippen LogP contribution in [0.5, 0.6) is 0 Å². The second-order valence-corrected chi connectivity index (χ2v) is 5.84. The minimum atomic E-state index is -3.63. The Morgan fingerprint density at radius 3 is 2.47 bits per heavy atom. The van der Waals surface area contributed by atoms with Gasteiger partial charge in [0.25, 0.3) is 0 Å². The lowest BCUT2D eigenvalue weighted by molar-refractivity contribution is 0.154. The average molecular weight is 256 g/mol. The first-order valence-electron chi connectivity index (χ1n) is 5.53. The monoisotopic (exact) mass is 256 g/mol. The molecule has 1 aliphatic rings. The molecule has 1 aromatic rings. The molecule has 1 saturated heterocycles. The Labute approximate surface area is 101 Å². The maximum Gasteiger partial charge on any atom is 0.238 e. The summed E-state index contributed by atoms with van der Waals surface area (Å²) in [6, 6.07) is 6.42. The Bertz CT molecular complexity index is 484. The molecule has 0 spiro atoms. The number of benzene rings is 1. The molecular weight excluding hydrogens is 240 g/mol. The van der Waals surface area contributed by atoms with Crippen molar-refractivity contribution in [2.24, 2.45) is 5.14 Å². The molecule has 94 valence electrons. The van der Waals surface area contributed by atoms with Gasteiger partial charge in [-0.1, -0.05) is 0 Å². The number of aliphatic hydroxyl groups excluding tert-OH is 1. The van der Waals surface area contributed by atoms with Crippen LogP contribution in [-0.2, 0) is 10.0 Å². The third-order valence-corrected chi connectivity index (χ3v) is 3.86. The van der Waals surface area contributed by atoms with E-state index in [0.29, 0.717) is 6.54 Å². The van der Waals surface area contributed by atoms with E-state index < -0.39 is 10.0 Å². The summed E-state index contributed by atoms with van der Waals surface area (Å²) >= 11 is 0. The maximum absolute atomic E-state index is 11.1. The smallest absolute Gasteiger partial charge is 0.238 e. The van der Waals surface area contributed by atoms with E-state index >= 15 is 0 Å². The molecule has 1 heterocycles. The van der Waals surface area contributed by atoms with Gasteiger partial charge in [0.2, 0.25) is 10.0 Å². The van der Waals surface area contributed by atoms with Crippen LogP contribution < -0.4 is 10.0 Å². The number of β-amino-alcohol motifs (C(OH)–C–C–N with tert-alkyl or cyclic N) is 1. The number of hydrogen-bond donors (Lipinski definition) is 2. The molecule has 1 aliphatic heterocycles. The van der Waals surface area contributed by atoms with Gasteiger partial charge >= 0.3 is 0 Å². The van der Waals surface area contributed by atoms with E-state index in [1.54, 1.807) is 12.1 Å². The first-order valence-corrected chi connectivity index (χ1v) is 7.07. The van der Waals surface area contributed by atoms with E-state index in [1.165, 1.54) is 12.1 Å². The van der Waals surface area contributed by atoms with Gasteiger partial charge in [0, 0.05) is 18.8 Å². The molecule has 2 rings (SSSR count). The highest BCUT2D eigenvalue weighted by molar-refractivity contribution is 7.89. The van der Waals surface area contributed by atoms with Crippen LogP contribution >= 0.6 is 0 Å². The zero-order chi connectivity index (χ0) is 12.5. The van der Waals surface area contributed by atoms with E-state index in [2.05, 4.69) is 0 Å². The summed E-state index contributed by atoms with van der Waals surface area (Å²) < 4.78 is 22.2. The van der Waals surface area contributed by atoms with Crippen LogP contribution in [0.3, 0.4) is 0 Å². The Hall–Kier alpha value is -1.11. The van der Waals surface area contributed by atoms with Crippen LogP contribution in [0.2, 0.25) is 0 Å². The lowest BCUT2D eigenvalue weighted by Gasteiger charge is -2.32. The second-order valence-electron chi connectivity index (χ2n) is 4.28. The number of sulfonamides is 1. The van der Waals surface area contributed by atoms with Crippen LogP contribution in [0.25, 0.3) is 0 Å². The SMILES string of the molecule is NS(=O)(=O)c1ccc(N2CCCC(O)C2)cc1. The lowest BCUT2D eigenvalue weighted by atomic mass is 10.1. The van der Waals surface area contributed by atoms with Gasteiger partial charge in [0.1, 0.15) is 0 Å². The van der Waals surface area contributed by atoms with E-state index in [4.69, 9.17) is 5.14 Å². The minimum absolute atomic E-state index is 0.110. The average Bonchev–Trinajstić information content (AvgIpc) is 2.28. The fraction of sp³-hybridized carbons (Fsp3) is 0.455. The van der Waals surface area contributed by atoms with Gasteiger partial charge in [0.15, 0.2) is 0 Å². The van der Waals surface area contributed by atoms with E-state index in [1.807, 2.05) is 4.90 Å². The van der Waals surface area contributed by atoms with Crippen LogP contribution in [0, 0.1) is 0 Å². The third kappa shape index (κ3) is 2.96. The van der Waals surface area contributed by atoms with E-state index in [0.717, 1.165) is 25.1 Å². The maximum atomic E-state index is 11.1. The van der Waals surface area contributed by atoms with Gasteiger partial charge in [0.05, 0.1) is 11.0 Å². The second kappa shape index (κ2) is 4.64. The highest BCUT2D eigenvalue weighted by Gasteiger charge is 2.18. The van der Waals surface area contributed by atoms with Crippen LogP contribution in [0.15, 0.2) is 29.2 Å². The molecule has 0 radical (unpaired) electrons. The van der Waals surface area contributed by atoms with Crippen molar-refractivity contribution in [3.05, 3.63) is 24.3 Å². The largest absolute Gasteiger partial charge is 0.391 e. The first-order chi connectivity index (χ1) is 7.97. The van der Waals surface area contributed by atoms with Crippen LogP contribution in [0.4, 0.5) is 5.69 Å². The molecule has 5 nitrogen and oxygen atoms in total. The molecule has 1 atom stereocenters. The van der Waals surface area contributed by atoms with Crippen LogP contribution in [0.1, 0.15) is 12.8 Å². The number of aliphatic hydroxyl groups is 1. The molecule has 0 amide bonds. The minimum Gasteiger partial charge on any atom is -0.391 e. The van der Waals surface area contributed by atoms with Gasteiger partial charge in [-0.25, -0.2) is 13.6 Å². The number of piperidine rings is 1. The normalized spacial score (nSPS) is 21.5. The van der Waals surface area contributed by atoms with Gasteiger partial charge in [-0.3, -0.25) is 0 Å². The van der Waals surface area contributed by atoms with E-state index in [9.17, 15) is 13.5 Å². The number of nitrogens with zero attached hydrogens (tertiary/aromatic N) is 1. The molecule has 0 aliphatic carbocycles. The summed E-state index contributed by atoms with van der Waals surface area (Å²) in [4.78, 5) is 2.15. The van der Waals surface area contributed by atoms with Crippen molar-refractivity contribution in [3.8, 4) is 0 Å². The van der Waals surface area contributed by atoms with Crippen molar-refractivity contribution in [1.82, 2.24) is 0 Å². The zero-order valence-corrected chi connectivity index (χ0v) is 10.2. The van der Waals surface area contributed by atoms with Crippen molar-refractivity contribution >= 4 is 15.7 Å². The summed E-state index contributed by atoms with van der Waals surface area (Å²) in [6.07, 6.45) is 1.46. The number of nitrogens with two attached hydrogens (primary N) is 1. The van der Waals surface area contributed by atoms with Gasteiger partial charge in [-0.15, -0.1) is 0 Å². The van der Waals surface area contributed by atoms with Crippen molar-refractivity contribution in [2.75, 3.05) is 18.0 Å². The summed E-state index contributed by atoms with van der Waals surface area (Å²) in [5.74, 6) is 0. The highest BCUT2D eigenvalue weighted by atomic mass is 32.2. The quantitative estimate of drug-likeness (QED) is 0.797. The van der Waals surface area contributed by atoms with Crippen molar-refractivity contribution in [3.63, 3.8) is 0 Å². The fourth-order valence-corrected chi connectivity index (χ4v) is 2.55. The van der Waals surface area contributed by atoms with Crippen molar-refractivity contribution in [2.45, 2.75) is 23.8 Å². The number of primary sulfonamides is 1. The summed E-state index contributed by atoms with van der Waals surface area (Å²) in [5.41, 5.74) is 0.913. The molecular formula is C11H16N2O3S. The molecule has 17 heavy (non-hydrogen) atoms. The van der Waals surface area contributed by atoms with Gasteiger partial charge in [-0.2, -0.15) is 0 Å². The predicted molar refractivity (Wildman–Crippen MR) is 65.3 cm³/mol. The number of anilines is 1. The van der Waals surface area contributed by atoms with Gasteiger partial charge < -0.3 is 10.0 Å². The summed E-state index contributed by atoms with van der Waals surface area (Å²) in [6.45, 7) is 1.47. The molecule has 0 aromatic heterocycles. The summed E-state index contributed by atoms with van der Waals surface area (Å²) in [7, 11) is -3.63. The fourth-order valence-electron chi connectivity index (χ4n) is 2.04. The molecule has 6 heteroatoms. The standard InChI is InChI=1S/C11H16N2O3S/c12-17(15,16)11-5-3-9(4-6-11)13-7-1-2-10(14)8-13/h3-6,10,14H,1-2,7-8H2,(H2,12,15,16). The van der Waals surface area contributed by atoms with Crippen LogP contribution in [-0.4, -0.2) is 32.7 Å². The molecule has 1 aromatic carbocycles. The predicted octanol–water partition coefficient (Wildman–Crippen LogP) is 0.295. The van der Waals surface area contributed by atoms with E-state index in [-0.39, 0.29) is 11.0 Å². The van der Waals surface area contributed by atoms with Crippen molar-refractivity contribution in [1.29, 1.82) is 0 Å². The topological polar surface area (TPSA) is 83.6 Å². The molecule has 0 saturated carbocycles. The Kier molecular flexibility index (Phi) is 3.37. The first kappa shape index (κ1) is 12.3. The molecule has 0 bridgehead atoms. The lowest BCUT2D eigenvalue weighted by Crippen LogP contribution is -2.38. The molecule has 1 unspecified atom stereocenters. The Balaban J connectivity index is 2.18. The zero-order valence-electron chi connectivity index (χ0n) is 9.41. The summed E-state index contributed by atoms with van der Waals surface area (Å²) in [5, 5.41) is 14.6. The Morgan fingerprint density at radius 2 is 1.94 bits per heavy atom. The van der Waals surface area contributed by atoms with Crippen molar-refractivity contribution < 1.29 is 13.5 Å². The Morgan fingerprint density at radius 1 is 1.29 bits per heavy atom.